The van der Waals surface area contributed by atoms with Crippen molar-refractivity contribution in [3.05, 3.63) is 53.1 Å². The van der Waals surface area contributed by atoms with Crippen LogP contribution in [0.15, 0.2) is 24.4 Å². The van der Waals surface area contributed by atoms with Crippen molar-refractivity contribution in [3.8, 4) is 11.3 Å². The summed E-state index contributed by atoms with van der Waals surface area (Å²) < 4.78 is 81.9. The SMILES string of the molecule is COC(=O)N1CCO[C@@H](Cc2c(-c3c(F)cc(NS(C)(=O)=O)c(F)c3F)nc3cc(C)ccn23)C1. The van der Waals surface area contributed by atoms with Gasteiger partial charge in [0.15, 0.2) is 11.6 Å². The van der Waals surface area contributed by atoms with Gasteiger partial charge in [-0.25, -0.2) is 31.4 Å². The molecule has 0 unspecified atom stereocenters. The Balaban J connectivity index is 1.82. The summed E-state index contributed by atoms with van der Waals surface area (Å²) in [7, 11) is -2.72. The van der Waals surface area contributed by atoms with Crippen LogP contribution in [0.4, 0.5) is 23.7 Å². The number of methoxy groups -OCH3 is 1. The van der Waals surface area contributed by atoms with Gasteiger partial charge in [-0.2, -0.15) is 0 Å². The number of carbonyl (C=O) groups excluding carboxylic acids is 1. The van der Waals surface area contributed by atoms with Crippen LogP contribution in [0.1, 0.15) is 11.3 Å². The second kappa shape index (κ2) is 9.38. The van der Waals surface area contributed by atoms with E-state index < -0.39 is 50.9 Å². The van der Waals surface area contributed by atoms with Crippen molar-refractivity contribution in [2.45, 2.75) is 19.4 Å². The molecule has 1 amide bonds. The average molecular weight is 513 g/mol. The second-order valence-electron chi connectivity index (χ2n) is 8.24. The zero-order chi connectivity index (χ0) is 25.5. The van der Waals surface area contributed by atoms with Crippen molar-refractivity contribution in [1.82, 2.24) is 14.3 Å². The molecule has 9 nitrogen and oxygen atoms in total. The van der Waals surface area contributed by atoms with Gasteiger partial charge in [0, 0.05) is 25.2 Å². The molecule has 1 aliphatic rings. The topological polar surface area (TPSA) is 102 Å². The number of pyridine rings is 1. The van der Waals surface area contributed by atoms with Gasteiger partial charge in [-0.1, -0.05) is 0 Å². The number of ether oxygens (including phenoxy) is 2. The van der Waals surface area contributed by atoms with Gasteiger partial charge in [0.25, 0.3) is 0 Å². The Labute approximate surface area is 199 Å². The monoisotopic (exact) mass is 512 g/mol. The van der Waals surface area contributed by atoms with E-state index in [1.165, 1.54) is 12.0 Å². The van der Waals surface area contributed by atoms with Crippen molar-refractivity contribution in [2.75, 3.05) is 37.8 Å². The Morgan fingerprint density at radius 2 is 2.03 bits per heavy atom. The van der Waals surface area contributed by atoms with Gasteiger partial charge in [-0.05, 0) is 24.6 Å². The van der Waals surface area contributed by atoms with Crippen molar-refractivity contribution in [3.63, 3.8) is 0 Å². The number of imidazole rings is 1. The number of anilines is 1. The molecule has 3 heterocycles. The summed E-state index contributed by atoms with van der Waals surface area (Å²) in [5.41, 5.74) is -0.207. The fourth-order valence-electron chi connectivity index (χ4n) is 4.03. The van der Waals surface area contributed by atoms with E-state index in [9.17, 15) is 17.6 Å². The molecule has 1 aliphatic heterocycles. The number of nitrogens with zero attached hydrogens (tertiary/aromatic N) is 3. The lowest BCUT2D eigenvalue weighted by Gasteiger charge is -2.32. The first-order chi connectivity index (χ1) is 16.5. The average Bonchev–Trinajstić information content (AvgIpc) is 3.12. The molecule has 0 radical (unpaired) electrons. The second-order valence-corrected chi connectivity index (χ2v) is 9.98. The van der Waals surface area contributed by atoms with E-state index in [1.54, 1.807) is 27.5 Å². The smallest absolute Gasteiger partial charge is 0.409 e. The molecule has 2 aromatic heterocycles. The Bertz CT molecular complexity index is 1410. The van der Waals surface area contributed by atoms with Crippen LogP contribution >= 0.6 is 0 Å². The van der Waals surface area contributed by atoms with Crippen LogP contribution in [0.2, 0.25) is 0 Å². The highest BCUT2D eigenvalue weighted by Gasteiger charge is 2.30. The number of fused-ring (bicyclic) bond motifs is 1. The third kappa shape index (κ3) is 5.05. The Morgan fingerprint density at radius 3 is 2.71 bits per heavy atom. The number of rotatable bonds is 5. The summed E-state index contributed by atoms with van der Waals surface area (Å²) in [6, 6.07) is 4.04. The van der Waals surface area contributed by atoms with Crippen LogP contribution in [0.3, 0.4) is 0 Å². The van der Waals surface area contributed by atoms with Crippen LogP contribution in [0, 0.1) is 24.4 Å². The van der Waals surface area contributed by atoms with E-state index in [0.29, 0.717) is 24.0 Å². The third-order valence-electron chi connectivity index (χ3n) is 5.56. The van der Waals surface area contributed by atoms with Crippen molar-refractivity contribution < 1.29 is 35.9 Å². The first-order valence-corrected chi connectivity index (χ1v) is 12.5. The lowest BCUT2D eigenvalue weighted by atomic mass is 10.0. The lowest BCUT2D eigenvalue weighted by Crippen LogP contribution is -2.46. The standard InChI is InChI=1S/C22H23F3N4O5S/c1-12-4-5-29-16(9-13-11-28(6-7-34-13)22(30)33-2)21(26-17(29)8-12)18-14(23)10-15(19(24)20(18)25)27-35(3,31)32/h4-5,8,10,13,27H,6-7,9,11H2,1-3H3/t13-/m0/s1. The molecular formula is C22H23F3N4O5S. The zero-order valence-corrected chi connectivity index (χ0v) is 20.0. The number of carbonyl (C=O) groups is 1. The van der Waals surface area contributed by atoms with Gasteiger partial charge < -0.3 is 18.8 Å². The zero-order valence-electron chi connectivity index (χ0n) is 19.1. The van der Waals surface area contributed by atoms with E-state index in [4.69, 9.17) is 9.47 Å². The molecule has 188 valence electrons. The van der Waals surface area contributed by atoms with Gasteiger partial charge in [0.1, 0.15) is 11.5 Å². The summed E-state index contributed by atoms with van der Waals surface area (Å²) >= 11 is 0. The van der Waals surface area contributed by atoms with Crippen LogP contribution in [-0.2, 0) is 25.9 Å². The first-order valence-electron chi connectivity index (χ1n) is 10.6. The van der Waals surface area contributed by atoms with Crippen molar-refractivity contribution in [2.24, 2.45) is 0 Å². The van der Waals surface area contributed by atoms with Crippen LogP contribution in [-0.4, -0.2) is 68.0 Å². The van der Waals surface area contributed by atoms with E-state index in [1.807, 2.05) is 6.92 Å². The Kier molecular flexibility index (Phi) is 6.64. The highest BCUT2D eigenvalue weighted by molar-refractivity contribution is 7.92. The first kappa shape index (κ1) is 24.8. The molecule has 1 fully saturated rings. The molecule has 0 spiro atoms. The number of morpholine rings is 1. The predicted molar refractivity (Wildman–Crippen MR) is 121 cm³/mol. The molecule has 1 aromatic carbocycles. The number of hydrogen-bond donors (Lipinski definition) is 1. The van der Waals surface area contributed by atoms with Crippen molar-refractivity contribution >= 4 is 27.5 Å². The maximum Gasteiger partial charge on any atom is 0.409 e. The number of amides is 1. The minimum atomic E-state index is -3.98. The van der Waals surface area contributed by atoms with E-state index >= 15 is 8.78 Å². The molecular weight excluding hydrogens is 489 g/mol. The van der Waals surface area contributed by atoms with Crippen LogP contribution < -0.4 is 4.72 Å². The Morgan fingerprint density at radius 1 is 1.29 bits per heavy atom. The van der Waals surface area contributed by atoms with E-state index in [2.05, 4.69) is 4.98 Å². The maximum absolute atomic E-state index is 15.2. The molecule has 3 aromatic rings. The number of halogens is 3. The Hall–Kier alpha value is -3.32. The van der Waals surface area contributed by atoms with E-state index in [0.717, 1.165) is 11.8 Å². The molecule has 0 aliphatic carbocycles. The molecule has 1 N–H and O–H groups in total. The number of hydrogen-bond acceptors (Lipinski definition) is 6. The number of nitrogens with one attached hydrogen (secondary N) is 1. The highest BCUT2D eigenvalue weighted by Crippen LogP contribution is 2.35. The summed E-state index contributed by atoms with van der Waals surface area (Å²) in [6.45, 7) is 2.54. The molecule has 35 heavy (non-hydrogen) atoms. The molecule has 13 heteroatoms. The predicted octanol–water partition coefficient (Wildman–Crippen LogP) is 3.11. The maximum atomic E-state index is 15.2. The number of sulfonamides is 1. The summed E-state index contributed by atoms with van der Waals surface area (Å²) in [5.74, 6) is -4.34. The minimum Gasteiger partial charge on any atom is -0.453 e. The van der Waals surface area contributed by atoms with Gasteiger partial charge in [-0.15, -0.1) is 0 Å². The van der Waals surface area contributed by atoms with Gasteiger partial charge in [-0.3, -0.25) is 4.72 Å². The molecule has 4 rings (SSSR count). The number of benzene rings is 1. The third-order valence-corrected chi connectivity index (χ3v) is 6.15. The van der Waals surface area contributed by atoms with E-state index in [-0.39, 0.29) is 25.3 Å². The summed E-state index contributed by atoms with van der Waals surface area (Å²) in [4.78, 5) is 17.8. The fraction of sp³-hybridized carbons (Fsp3) is 0.364. The van der Waals surface area contributed by atoms with Crippen molar-refractivity contribution in [1.29, 1.82) is 0 Å². The largest absolute Gasteiger partial charge is 0.453 e. The van der Waals surface area contributed by atoms with Gasteiger partial charge in [0.05, 0.1) is 55.3 Å². The highest BCUT2D eigenvalue weighted by atomic mass is 32.2. The molecule has 1 atom stereocenters. The normalized spacial score (nSPS) is 16.5. The molecule has 0 saturated carbocycles. The van der Waals surface area contributed by atoms with Crippen LogP contribution in [0.25, 0.3) is 16.9 Å². The number of aryl methyl sites for hydroxylation is 1. The lowest BCUT2D eigenvalue weighted by molar-refractivity contribution is -0.0241. The van der Waals surface area contributed by atoms with Gasteiger partial charge in [0.2, 0.25) is 10.0 Å². The number of aromatic nitrogens is 2. The van der Waals surface area contributed by atoms with Gasteiger partial charge >= 0.3 is 6.09 Å². The quantitative estimate of drug-likeness (QED) is 0.527. The summed E-state index contributed by atoms with van der Waals surface area (Å²) in [5, 5.41) is 0. The molecule has 1 saturated heterocycles. The fourth-order valence-corrected chi connectivity index (χ4v) is 4.58. The minimum absolute atomic E-state index is 0.0941. The molecule has 0 bridgehead atoms. The summed E-state index contributed by atoms with van der Waals surface area (Å²) in [6.07, 6.45) is 1.42. The van der Waals surface area contributed by atoms with Crippen LogP contribution in [0.5, 0.6) is 0 Å².